The van der Waals surface area contributed by atoms with E-state index in [2.05, 4.69) is 43.1 Å². The van der Waals surface area contributed by atoms with E-state index >= 15 is 0 Å². The molecular weight excluding hydrogens is 288 g/mol. The molecule has 1 saturated heterocycles. The molecule has 23 heavy (non-hydrogen) atoms. The molecule has 0 aliphatic carbocycles. The molecule has 0 radical (unpaired) electrons. The van der Waals surface area contributed by atoms with Gasteiger partial charge < -0.3 is 15.1 Å². The Bertz CT molecular complexity index is 636. The van der Waals surface area contributed by atoms with Crippen molar-refractivity contribution in [1.82, 2.24) is 19.9 Å². The van der Waals surface area contributed by atoms with Crippen LogP contribution in [0.4, 0.5) is 11.6 Å². The minimum absolute atomic E-state index is 0.737. The largest absolute Gasteiger partial charge is 0.366 e. The molecule has 0 saturated carbocycles. The highest BCUT2D eigenvalue weighted by Gasteiger charge is 2.16. The second kappa shape index (κ2) is 7.37. The maximum atomic E-state index is 4.54. The number of hydrogen-bond acceptors (Lipinski definition) is 6. The monoisotopic (exact) mass is 312 g/mol. The fraction of sp³-hybridized carbons (Fsp3) is 0.471. The first-order chi connectivity index (χ1) is 11.2. The number of likely N-dealkylation sites (N-methyl/N-ethyl adjacent to an activating group) is 1. The number of anilines is 2. The van der Waals surface area contributed by atoms with Gasteiger partial charge in [-0.3, -0.25) is 0 Å². The highest BCUT2D eigenvalue weighted by molar-refractivity contribution is 5.43. The second-order valence-electron chi connectivity index (χ2n) is 5.84. The Kier molecular flexibility index (Phi) is 5.02. The lowest BCUT2D eigenvalue weighted by molar-refractivity contribution is 0.270. The summed E-state index contributed by atoms with van der Waals surface area (Å²) in [5.41, 5.74) is 2.18. The number of hydrogen-bond donors (Lipinski definition) is 1. The van der Waals surface area contributed by atoms with Gasteiger partial charge in [-0.1, -0.05) is 6.92 Å². The second-order valence-corrected chi connectivity index (χ2v) is 5.84. The smallest absolute Gasteiger partial charge is 0.129 e. The zero-order valence-electron chi connectivity index (χ0n) is 13.9. The first-order valence-electron chi connectivity index (χ1n) is 8.19. The van der Waals surface area contributed by atoms with Crippen LogP contribution in [0.15, 0.2) is 30.7 Å². The van der Waals surface area contributed by atoms with E-state index in [0.717, 1.165) is 56.6 Å². The molecule has 0 amide bonds. The van der Waals surface area contributed by atoms with Crippen LogP contribution in [0.5, 0.6) is 0 Å². The van der Waals surface area contributed by atoms with Gasteiger partial charge in [0, 0.05) is 50.7 Å². The molecule has 1 N–H and O–H groups in total. The fourth-order valence-electron chi connectivity index (χ4n) is 2.78. The van der Waals surface area contributed by atoms with E-state index in [1.165, 1.54) is 5.56 Å². The number of aryl methyl sites for hydroxylation is 1. The molecule has 0 aromatic carbocycles. The number of pyridine rings is 1. The topological polar surface area (TPSA) is 57.2 Å². The SMILES string of the molecule is CCN1CCN(c2cc(CNc3cc(C)ncn3)ccn2)CC1. The zero-order valence-corrected chi connectivity index (χ0v) is 13.9. The number of nitrogens with zero attached hydrogens (tertiary/aromatic N) is 5. The Labute approximate surface area is 137 Å². The first-order valence-corrected chi connectivity index (χ1v) is 8.19. The van der Waals surface area contributed by atoms with E-state index in [1.54, 1.807) is 6.33 Å². The molecule has 122 valence electrons. The number of piperazine rings is 1. The van der Waals surface area contributed by atoms with Crippen LogP contribution >= 0.6 is 0 Å². The molecule has 0 bridgehead atoms. The highest BCUT2D eigenvalue weighted by atomic mass is 15.3. The summed E-state index contributed by atoms with van der Waals surface area (Å²) < 4.78 is 0. The van der Waals surface area contributed by atoms with Gasteiger partial charge >= 0.3 is 0 Å². The van der Waals surface area contributed by atoms with Crippen molar-refractivity contribution in [2.45, 2.75) is 20.4 Å². The quantitative estimate of drug-likeness (QED) is 0.910. The zero-order chi connectivity index (χ0) is 16.1. The van der Waals surface area contributed by atoms with E-state index in [-0.39, 0.29) is 0 Å². The Morgan fingerprint density at radius 1 is 1.09 bits per heavy atom. The van der Waals surface area contributed by atoms with Gasteiger partial charge in [0.05, 0.1) is 0 Å². The van der Waals surface area contributed by atoms with Crippen molar-refractivity contribution in [3.05, 3.63) is 42.0 Å². The Morgan fingerprint density at radius 3 is 2.65 bits per heavy atom. The van der Waals surface area contributed by atoms with Crippen LogP contribution in [0.3, 0.4) is 0 Å². The van der Waals surface area contributed by atoms with Gasteiger partial charge in [0.25, 0.3) is 0 Å². The van der Waals surface area contributed by atoms with Crippen LogP contribution in [0.2, 0.25) is 0 Å². The predicted molar refractivity (Wildman–Crippen MR) is 92.7 cm³/mol. The van der Waals surface area contributed by atoms with E-state index in [1.807, 2.05) is 25.3 Å². The van der Waals surface area contributed by atoms with Crippen molar-refractivity contribution < 1.29 is 0 Å². The predicted octanol–water partition coefficient (Wildman–Crippen LogP) is 1.93. The molecule has 3 heterocycles. The normalized spacial score (nSPS) is 15.7. The summed E-state index contributed by atoms with van der Waals surface area (Å²) in [6.07, 6.45) is 3.48. The van der Waals surface area contributed by atoms with Gasteiger partial charge in [0.1, 0.15) is 18.0 Å². The molecule has 6 heteroatoms. The molecule has 2 aromatic heterocycles. The summed E-state index contributed by atoms with van der Waals surface area (Å²) in [5, 5.41) is 3.34. The van der Waals surface area contributed by atoms with Crippen LogP contribution in [-0.2, 0) is 6.54 Å². The Hall–Kier alpha value is -2.21. The van der Waals surface area contributed by atoms with Gasteiger partial charge in [-0.05, 0) is 31.2 Å². The summed E-state index contributed by atoms with van der Waals surface area (Å²) in [4.78, 5) is 17.7. The Balaban J connectivity index is 1.61. The fourth-order valence-corrected chi connectivity index (χ4v) is 2.78. The van der Waals surface area contributed by atoms with Gasteiger partial charge in [-0.25, -0.2) is 15.0 Å². The third kappa shape index (κ3) is 4.16. The minimum atomic E-state index is 0.737. The van der Waals surface area contributed by atoms with Crippen molar-refractivity contribution in [2.75, 3.05) is 42.9 Å². The number of nitrogens with one attached hydrogen (secondary N) is 1. The minimum Gasteiger partial charge on any atom is -0.366 e. The maximum Gasteiger partial charge on any atom is 0.129 e. The van der Waals surface area contributed by atoms with E-state index in [4.69, 9.17) is 0 Å². The van der Waals surface area contributed by atoms with Crippen molar-refractivity contribution >= 4 is 11.6 Å². The van der Waals surface area contributed by atoms with E-state index in [0.29, 0.717) is 0 Å². The standard InChI is InChI=1S/C17H24N6/c1-3-22-6-8-23(9-7-22)17-11-15(4-5-18-17)12-19-16-10-14(2)20-13-21-16/h4-5,10-11,13H,3,6-9,12H2,1-2H3,(H,19,20,21). The third-order valence-electron chi connectivity index (χ3n) is 4.23. The number of rotatable bonds is 5. The van der Waals surface area contributed by atoms with Crippen molar-refractivity contribution in [3.8, 4) is 0 Å². The Morgan fingerprint density at radius 2 is 1.91 bits per heavy atom. The molecule has 3 rings (SSSR count). The molecule has 0 unspecified atom stereocenters. The first kappa shape index (κ1) is 15.7. The van der Waals surface area contributed by atoms with Crippen LogP contribution in [0.1, 0.15) is 18.2 Å². The third-order valence-corrected chi connectivity index (χ3v) is 4.23. The molecule has 6 nitrogen and oxygen atoms in total. The lowest BCUT2D eigenvalue weighted by atomic mass is 10.2. The molecular formula is C17H24N6. The summed E-state index contributed by atoms with van der Waals surface area (Å²) in [6.45, 7) is 10.4. The summed E-state index contributed by atoms with van der Waals surface area (Å²) >= 11 is 0. The lowest BCUT2D eigenvalue weighted by Crippen LogP contribution is -2.46. The van der Waals surface area contributed by atoms with Crippen molar-refractivity contribution in [2.24, 2.45) is 0 Å². The van der Waals surface area contributed by atoms with Crippen LogP contribution in [0.25, 0.3) is 0 Å². The van der Waals surface area contributed by atoms with E-state index in [9.17, 15) is 0 Å². The van der Waals surface area contributed by atoms with Gasteiger partial charge in [0.2, 0.25) is 0 Å². The molecule has 1 aliphatic heterocycles. The van der Waals surface area contributed by atoms with Crippen molar-refractivity contribution in [3.63, 3.8) is 0 Å². The molecule has 0 spiro atoms. The average Bonchev–Trinajstić information content (AvgIpc) is 2.60. The summed E-state index contributed by atoms with van der Waals surface area (Å²) in [6, 6.07) is 6.17. The highest BCUT2D eigenvalue weighted by Crippen LogP contribution is 2.16. The number of aromatic nitrogens is 3. The van der Waals surface area contributed by atoms with Gasteiger partial charge in [-0.15, -0.1) is 0 Å². The molecule has 1 fully saturated rings. The van der Waals surface area contributed by atoms with Crippen LogP contribution in [0, 0.1) is 6.92 Å². The lowest BCUT2D eigenvalue weighted by Gasteiger charge is -2.34. The molecule has 2 aromatic rings. The average molecular weight is 312 g/mol. The van der Waals surface area contributed by atoms with Crippen LogP contribution < -0.4 is 10.2 Å². The summed E-state index contributed by atoms with van der Waals surface area (Å²) in [5.74, 6) is 1.92. The molecule has 1 aliphatic rings. The van der Waals surface area contributed by atoms with Crippen molar-refractivity contribution in [1.29, 1.82) is 0 Å². The molecule has 0 atom stereocenters. The van der Waals surface area contributed by atoms with Crippen LogP contribution in [-0.4, -0.2) is 52.6 Å². The summed E-state index contributed by atoms with van der Waals surface area (Å²) in [7, 11) is 0. The van der Waals surface area contributed by atoms with E-state index < -0.39 is 0 Å². The van der Waals surface area contributed by atoms with Gasteiger partial charge in [0.15, 0.2) is 0 Å². The van der Waals surface area contributed by atoms with Gasteiger partial charge in [-0.2, -0.15) is 0 Å². The maximum absolute atomic E-state index is 4.54.